The van der Waals surface area contributed by atoms with Crippen molar-refractivity contribution in [2.75, 3.05) is 11.0 Å². The van der Waals surface area contributed by atoms with Gasteiger partial charge in [0.2, 0.25) is 0 Å². The van der Waals surface area contributed by atoms with Crippen LogP contribution in [0.15, 0.2) is 0 Å². The van der Waals surface area contributed by atoms with Gasteiger partial charge in [-0.3, -0.25) is 0 Å². The van der Waals surface area contributed by atoms with Crippen LogP contribution in [0.5, 0.6) is 0 Å². The van der Waals surface area contributed by atoms with E-state index in [2.05, 4.69) is 29.5 Å². The van der Waals surface area contributed by atoms with Crippen molar-refractivity contribution in [3.63, 3.8) is 0 Å². The molecule has 0 heterocycles. The van der Waals surface area contributed by atoms with E-state index >= 15 is 0 Å². The first kappa shape index (κ1) is 11.7. The number of rotatable bonds is 7. The van der Waals surface area contributed by atoms with Gasteiger partial charge in [0.1, 0.15) is 0 Å². The highest BCUT2D eigenvalue weighted by atomic mass is 127. The summed E-state index contributed by atoms with van der Waals surface area (Å²) in [6, 6.07) is 0. The van der Waals surface area contributed by atoms with Crippen molar-refractivity contribution < 1.29 is 5.11 Å². The van der Waals surface area contributed by atoms with Crippen LogP contribution >= 0.6 is 22.6 Å². The first-order valence-electron chi connectivity index (χ1n) is 4.48. The SMILES string of the molecule is C[C@H](CO)CCCCCCI. The highest BCUT2D eigenvalue weighted by Crippen LogP contribution is 2.10. The van der Waals surface area contributed by atoms with Crippen molar-refractivity contribution >= 4 is 22.6 Å². The fraction of sp³-hybridized carbons (Fsp3) is 1.00. The van der Waals surface area contributed by atoms with Crippen LogP contribution in [0.1, 0.15) is 39.0 Å². The Bertz CT molecular complexity index is 76.0. The number of unbranched alkanes of at least 4 members (excludes halogenated alkanes) is 3. The van der Waals surface area contributed by atoms with Gasteiger partial charge in [0.15, 0.2) is 0 Å². The molecule has 0 amide bonds. The van der Waals surface area contributed by atoms with Crippen LogP contribution < -0.4 is 0 Å². The van der Waals surface area contributed by atoms with Gasteiger partial charge in [-0.05, 0) is 23.2 Å². The fourth-order valence-corrected chi connectivity index (χ4v) is 1.57. The van der Waals surface area contributed by atoms with E-state index in [1.807, 2.05) is 0 Å². The van der Waals surface area contributed by atoms with E-state index in [1.165, 1.54) is 36.5 Å². The molecule has 0 saturated heterocycles. The summed E-state index contributed by atoms with van der Waals surface area (Å²) < 4.78 is 1.29. The first-order chi connectivity index (χ1) is 5.31. The molecule has 1 atom stereocenters. The maximum Gasteiger partial charge on any atom is 0.0456 e. The molecule has 0 aliphatic carbocycles. The third-order valence-electron chi connectivity index (χ3n) is 1.89. The Balaban J connectivity index is 2.89. The van der Waals surface area contributed by atoms with Crippen molar-refractivity contribution in [1.82, 2.24) is 0 Å². The zero-order valence-corrected chi connectivity index (χ0v) is 9.51. The monoisotopic (exact) mass is 270 g/mol. The van der Waals surface area contributed by atoms with E-state index in [4.69, 9.17) is 5.11 Å². The van der Waals surface area contributed by atoms with E-state index in [-0.39, 0.29) is 0 Å². The molecule has 0 fully saturated rings. The van der Waals surface area contributed by atoms with Crippen molar-refractivity contribution in [1.29, 1.82) is 0 Å². The van der Waals surface area contributed by atoms with Gasteiger partial charge >= 0.3 is 0 Å². The van der Waals surface area contributed by atoms with Crippen LogP contribution in [0.4, 0.5) is 0 Å². The summed E-state index contributed by atoms with van der Waals surface area (Å²) in [4.78, 5) is 0. The third-order valence-corrected chi connectivity index (χ3v) is 2.66. The van der Waals surface area contributed by atoms with E-state index < -0.39 is 0 Å². The van der Waals surface area contributed by atoms with Crippen molar-refractivity contribution in [3.8, 4) is 0 Å². The van der Waals surface area contributed by atoms with Gasteiger partial charge in [-0.15, -0.1) is 0 Å². The summed E-state index contributed by atoms with van der Waals surface area (Å²) in [6.07, 6.45) is 6.54. The molecule has 0 saturated carbocycles. The van der Waals surface area contributed by atoms with Crippen LogP contribution in [0.3, 0.4) is 0 Å². The van der Waals surface area contributed by atoms with Crippen molar-refractivity contribution in [2.24, 2.45) is 5.92 Å². The molecule has 0 aromatic carbocycles. The van der Waals surface area contributed by atoms with Crippen LogP contribution in [0.2, 0.25) is 0 Å². The summed E-state index contributed by atoms with van der Waals surface area (Å²) in [7, 11) is 0. The second-order valence-electron chi connectivity index (χ2n) is 3.18. The minimum atomic E-state index is 0.353. The van der Waals surface area contributed by atoms with Gasteiger partial charge < -0.3 is 5.11 Å². The molecule has 0 aromatic heterocycles. The van der Waals surface area contributed by atoms with E-state index in [0.29, 0.717) is 12.5 Å². The Labute approximate surface area is 83.7 Å². The highest BCUT2D eigenvalue weighted by molar-refractivity contribution is 14.1. The summed E-state index contributed by atoms with van der Waals surface area (Å²) in [5, 5.41) is 8.74. The van der Waals surface area contributed by atoms with E-state index in [1.54, 1.807) is 0 Å². The lowest BCUT2D eigenvalue weighted by Gasteiger charge is -2.05. The normalized spacial score (nSPS) is 13.4. The molecule has 0 bridgehead atoms. The Kier molecular flexibility index (Phi) is 9.33. The number of hydrogen-bond donors (Lipinski definition) is 1. The number of aliphatic hydroxyl groups excluding tert-OH is 1. The smallest absolute Gasteiger partial charge is 0.0456 e. The summed E-state index contributed by atoms with van der Waals surface area (Å²) >= 11 is 2.42. The molecule has 1 N–H and O–H groups in total. The zero-order valence-electron chi connectivity index (χ0n) is 7.35. The summed E-state index contributed by atoms with van der Waals surface area (Å²) in [6.45, 7) is 2.46. The second-order valence-corrected chi connectivity index (χ2v) is 4.26. The standard InChI is InChI=1S/C9H19IO/c1-9(8-11)6-4-2-3-5-7-10/h9,11H,2-8H2,1H3/t9-/m0/s1. The quantitative estimate of drug-likeness (QED) is 0.428. The van der Waals surface area contributed by atoms with Gasteiger partial charge in [0.25, 0.3) is 0 Å². The average molecular weight is 270 g/mol. The topological polar surface area (TPSA) is 20.2 Å². The van der Waals surface area contributed by atoms with E-state index in [0.717, 1.165) is 0 Å². The molecule has 0 unspecified atom stereocenters. The maximum atomic E-state index is 8.74. The average Bonchev–Trinajstić information content (AvgIpc) is 2.04. The number of aliphatic hydroxyl groups is 1. The number of alkyl halides is 1. The second kappa shape index (κ2) is 8.78. The molecule has 0 spiro atoms. The van der Waals surface area contributed by atoms with Crippen molar-refractivity contribution in [2.45, 2.75) is 39.0 Å². The Hall–Kier alpha value is 0.690. The van der Waals surface area contributed by atoms with Gasteiger partial charge in [-0.25, -0.2) is 0 Å². The van der Waals surface area contributed by atoms with Gasteiger partial charge in [-0.1, -0.05) is 48.8 Å². The van der Waals surface area contributed by atoms with Crippen molar-refractivity contribution in [3.05, 3.63) is 0 Å². The fourth-order valence-electron chi connectivity index (χ4n) is 1.03. The van der Waals surface area contributed by atoms with Crippen LogP contribution in [0.25, 0.3) is 0 Å². The minimum absolute atomic E-state index is 0.353. The Morgan fingerprint density at radius 3 is 2.36 bits per heavy atom. The molecular weight excluding hydrogens is 251 g/mol. The van der Waals surface area contributed by atoms with E-state index in [9.17, 15) is 0 Å². The van der Waals surface area contributed by atoms with Gasteiger partial charge in [0.05, 0.1) is 0 Å². The molecule has 2 heteroatoms. The highest BCUT2D eigenvalue weighted by Gasteiger charge is 1.98. The zero-order chi connectivity index (χ0) is 8.53. The molecule has 1 nitrogen and oxygen atoms in total. The molecule has 68 valence electrons. The molecule has 11 heavy (non-hydrogen) atoms. The largest absolute Gasteiger partial charge is 0.396 e. The lowest BCUT2D eigenvalue weighted by molar-refractivity contribution is 0.227. The lowest BCUT2D eigenvalue weighted by atomic mass is 10.0. The van der Waals surface area contributed by atoms with Crippen LogP contribution in [-0.2, 0) is 0 Å². The molecule has 0 aliphatic rings. The number of hydrogen-bond acceptors (Lipinski definition) is 1. The minimum Gasteiger partial charge on any atom is -0.396 e. The molecular formula is C9H19IO. The third kappa shape index (κ3) is 8.60. The maximum absolute atomic E-state index is 8.74. The summed E-state index contributed by atoms with van der Waals surface area (Å²) in [5.74, 6) is 0.509. The lowest BCUT2D eigenvalue weighted by Crippen LogP contribution is -1.99. The molecule has 0 rings (SSSR count). The summed E-state index contributed by atoms with van der Waals surface area (Å²) in [5.41, 5.74) is 0. The molecule has 0 radical (unpaired) electrons. The van der Waals surface area contributed by atoms with Crippen LogP contribution in [-0.4, -0.2) is 16.1 Å². The Morgan fingerprint density at radius 2 is 1.82 bits per heavy atom. The number of halogens is 1. The predicted molar refractivity (Wildman–Crippen MR) is 58.2 cm³/mol. The van der Waals surface area contributed by atoms with Crippen LogP contribution in [0, 0.1) is 5.92 Å². The predicted octanol–water partition coefficient (Wildman–Crippen LogP) is 3.00. The van der Waals surface area contributed by atoms with Gasteiger partial charge in [0, 0.05) is 6.61 Å². The molecule has 0 aliphatic heterocycles. The van der Waals surface area contributed by atoms with Gasteiger partial charge in [-0.2, -0.15) is 0 Å². The first-order valence-corrected chi connectivity index (χ1v) is 6.00. The Morgan fingerprint density at radius 1 is 1.18 bits per heavy atom. The molecule has 0 aromatic rings.